The Kier molecular flexibility index (Phi) is 5.96. The number of ketones is 1. The third-order valence-corrected chi connectivity index (χ3v) is 5.13. The molecule has 0 spiro atoms. The van der Waals surface area contributed by atoms with Crippen LogP contribution in [0.15, 0.2) is 29.4 Å². The molecule has 0 amide bonds. The number of alkyl halides is 3. The van der Waals surface area contributed by atoms with Gasteiger partial charge >= 0.3 is 6.18 Å². The van der Waals surface area contributed by atoms with Crippen molar-refractivity contribution in [1.82, 2.24) is 4.98 Å². The molecule has 0 saturated carbocycles. The normalized spacial score (nSPS) is 21.4. The maximum Gasteiger partial charge on any atom is 0.425 e. The van der Waals surface area contributed by atoms with E-state index >= 15 is 0 Å². The molecule has 2 N–H and O–H groups in total. The first-order valence-corrected chi connectivity index (χ1v) is 9.40. The van der Waals surface area contributed by atoms with Crippen LogP contribution < -0.4 is 5.73 Å². The Bertz CT molecular complexity index is 1070. The summed E-state index contributed by atoms with van der Waals surface area (Å²) in [6, 6.07) is 2.60. The zero-order valence-corrected chi connectivity index (χ0v) is 17.1. The molecule has 3 rings (SSSR count). The third-order valence-electron chi connectivity index (χ3n) is 4.84. The Morgan fingerprint density at radius 2 is 2.00 bits per heavy atom. The zero-order valence-electron chi connectivity index (χ0n) is 16.4. The molecule has 2 atom stereocenters. The number of nitrogens with zero attached hydrogens (tertiary/aromatic N) is 2. The fourth-order valence-electron chi connectivity index (χ4n) is 3.36. The van der Waals surface area contributed by atoms with Crippen LogP contribution in [0.3, 0.4) is 0 Å². The third kappa shape index (κ3) is 4.79. The van der Waals surface area contributed by atoms with Crippen molar-refractivity contribution < 1.29 is 31.5 Å². The first-order valence-electron chi connectivity index (χ1n) is 9.02. The molecular weight excluding hydrogens is 445 g/mol. The summed E-state index contributed by atoms with van der Waals surface area (Å²) in [5, 5.41) is 0.0922. The van der Waals surface area contributed by atoms with E-state index < -0.39 is 59.7 Å². The molecule has 0 aliphatic carbocycles. The van der Waals surface area contributed by atoms with Gasteiger partial charge in [0.05, 0.1) is 10.6 Å². The fourth-order valence-corrected chi connectivity index (χ4v) is 3.69. The number of aliphatic imine (C=N–C) groups is 1. The lowest BCUT2D eigenvalue weighted by atomic mass is 9.84. The van der Waals surface area contributed by atoms with Crippen LogP contribution >= 0.6 is 11.6 Å². The second kappa shape index (κ2) is 8.07. The predicted octanol–water partition coefficient (Wildman–Crippen LogP) is 4.63. The standard InChI is InChI=1S/C20H17ClF5N3O2/c1-9-3-12(21)17(28-8-9)14(30)6-10-4-11(16(23)13(22)5-10)19(2)7-15(20(24,25)26)31-18(27)29-19/h3-5,8,15H,6-7H2,1-2H3,(H2,27,29)/t15-,19-/m0/s1. The van der Waals surface area contributed by atoms with Gasteiger partial charge in [0.25, 0.3) is 6.02 Å². The molecule has 166 valence electrons. The van der Waals surface area contributed by atoms with Gasteiger partial charge < -0.3 is 10.5 Å². The number of benzene rings is 1. The molecule has 11 heteroatoms. The van der Waals surface area contributed by atoms with Gasteiger partial charge in [0.2, 0.25) is 0 Å². The number of Topliss-reactive ketones (excluding diaryl/α,β-unsaturated/α-hetero) is 1. The summed E-state index contributed by atoms with van der Waals surface area (Å²) in [4.78, 5) is 20.3. The number of hydrogen-bond donors (Lipinski definition) is 1. The van der Waals surface area contributed by atoms with Gasteiger partial charge in [0.15, 0.2) is 23.5 Å². The van der Waals surface area contributed by atoms with E-state index in [1.54, 1.807) is 6.92 Å². The average Bonchev–Trinajstić information content (AvgIpc) is 2.62. The van der Waals surface area contributed by atoms with Crippen molar-refractivity contribution in [2.45, 2.75) is 44.5 Å². The van der Waals surface area contributed by atoms with Gasteiger partial charge in [-0.2, -0.15) is 13.2 Å². The van der Waals surface area contributed by atoms with Gasteiger partial charge in [-0.1, -0.05) is 11.6 Å². The monoisotopic (exact) mass is 461 g/mol. The first-order chi connectivity index (χ1) is 14.3. The molecule has 1 aromatic heterocycles. The summed E-state index contributed by atoms with van der Waals surface area (Å²) in [5.74, 6) is -3.30. The highest BCUT2D eigenvalue weighted by atomic mass is 35.5. The second-order valence-corrected chi connectivity index (χ2v) is 7.87. The number of hydrogen-bond acceptors (Lipinski definition) is 5. The van der Waals surface area contributed by atoms with Crippen LogP contribution in [0.2, 0.25) is 5.02 Å². The number of aromatic nitrogens is 1. The SMILES string of the molecule is Cc1cnc(C(=O)Cc2cc(F)c(F)c([C@]3(C)C[C@@H](C(F)(F)F)OC(N)=N3)c2)c(Cl)c1. The molecule has 0 bridgehead atoms. The van der Waals surface area contributed by atoms with E-state index in [4.69, 9.17) is 17.3 Å². The molecule has 1 aliphatic rings. The number of carbonyl (C=O) groups is 1. The Morgan fingerprint density at radius 3 is 2.61 bits per heavy atom. The van der Waals surface area contributed by atoms with Crippen molar-refractivity contribution in [3.8, 4) is 0 Å². The summed E-state index contributed by atoms with van der Waals surface area (Å²) in [5.41, 5.74) is 3.72. The fraction of sp³-hybridized carbons (Fsp3) is 0.350. The quantitative estimate of drug-likeness (QED) is 0.532. The zero-order chi connectivity index (χ0) is 23.1. The highest BCUT2D eigenvalue weighted by Gasteiger charge is 2.50. The van der Waals surface area contributed by atoms with Gasteiger partial charge in [-0.05, 0) is 43.2 Å². The van der Waals surface area contributed by atoms with Gasteiger partial charge in [-0.15, -0.1) is 0 Å². The van der Waals surface area contributed by atoms with Crippen LogP contribution in [0, 0.1) is 18.6 Å². The van der Waals surface area contributed by atoms with E-state index in [9.17, 15) is 26.7 Å². The first kappa shape index (κ1) is 22.9. The number of amidine groups is 1. The summed E-state index contributed by atoms with van der Waals surface area (Å²) in [7, 11) is 0. The summed E-state index contributed by atoms with van der Waals surface area (Å²) >= 11 is 6.03. The molecule has 0 saturated heterocycles. The van der Waals surface area contributed by atoms with Gasteiger partial charge in [-0.25, -0.2) is 13.8 Å². The van der Waals surface area contributed by atoms with Crippen LogP contribution in [0.1, 0.15) is 40.5 Å². The predicted molar refractivity (Wildman–Crippen MR) is 103 cm³/mol. The molecule has 0 unspecified atom stereocenters. The van der Waals surface area contributed by atoms with Crippen LogP contribution in [0.4, 0.5) is 22.0 Å². The number of rotatable bonds is 4. The number of halogens is 6. The van der Waals surface area contributed by atoms with Crippen molar-refractivity contribution >= 4 is 23.4 Å². The number of carbonyl (C=O) groups excluding carboxylic acids is 1. The van der Waals surface area contributed by atoms with Crippen LogP contribution in [0.5, 0.6) is 0 Å². The topological polar surface area (TPSA) is 77.6 Å². The Morgan fingerprint density at radius 1 is 1.32 bits per heavy atom. The molecule has 0 fully saturated rings. The second-order valence-electron chi connectivity index (χ2n) is 7.46. The van der Waals surface area contributed by atoms with E-state index in [1.807, 2.05) is 0 Å². The smallest absolute Gasteiger partial charge is 0.425 e. The molecule has 1 aliphatic heterocycles. The van der Waals surface area contributed by atoms with E-state index in [2.05, 4.69) is 14.7 Å². The largest absolute Gasteiger partial charge is 0.452 e. The molecule has 0 radical (unpaired) electrons. The minimum Gasteiger partial charge on any atom is -0.452 e. The van der Waals surface area contributed by atoms with Crippen molar-refractivity contribution in [2.75, 3.05) is 0 Å². The van der Waals surface area contributed by atoms with Crippen molar-refractivity contribution in [3.63, 3.8) is 0 Å². The minimum absolute atomic E-state index is 0.0161. The molecule has 5 nitrogen and oxygen atoms in total. The lowest BCUT2D eigenvalue weighted by Gasteiger charge is -2.36. The van der Waals surface area contributed by atoms with E-state index in [0.717, 1.165) is 17.7 Å². The maximum atomic E-state index is 14.6. The Labute approximate surface area is 179 Å². The van der Waals surface area contributed by atoms with Crippen LogP contribution in [0.25, 0.3) is 0 Å². The Hall–Kier alpha value is -2.75. The van der Waals surface area contributed by atoms with E-state index in [0.29, 0.717) is 0 Å². The van der Waals surface area contributed by atoms with Crippen LogP contribution in [-0.2, 0) is 16.7 Å². The minimum atomic E-state index is -4.79. The molecule has 2 heterocycles. The molecular formula is C20H17ClF5N3O2. The van der Waals surface area contributed by atoms with E-state index in [-0.39, 0.29) is 16.3 Å². The van der Waals surface area contributed by atoms with Gasteiger partial charge in [0, 0.05) is 24.6 Å². The lowest BCUT2D eigenvalue weighted by Crippen LogP contribution is -2.46. The summed E-state index contributed by atoms with van der Waals surface area (Å²) in [6.07, 6.45) is -6.95. The summed E-state index contributed by atoms with van der Waals surface area (Å²) in [6.45, 7) is 2.91. The molecule has 31 heavy (non-hydrogen) atoms. The number of pyridine rings is 1. The van der Waals surface area contributed by atoms with Gasteiger partial charge in [-0.3, -0.25) is 9.78 Å². The van der Waals surface area contributed by atoms with Crippen LogP contribution in [-0.4, -0.2) is 29.1 Å². The highest BCUT2D eigenvalue weighted by molar-refractivity contribution is 6.33. The maximum absolute atomic E-state index is 14.6. The lowest BCUT2D eigenvalue weighted by molar-refractivity contribution is -0.208. The molecule has 2 aromatic rings. The average molecular weight is 462 g/mol. The number of nitrogens with two attached hydrogens (primary N) is 1. The van der Waals surface area contributed by atoms with Crippen molar-refractivity contribution in [2.24, 2.45) is 10.7 Å². The van der Waals surface area contributed by atoms with Gasteiger partial charge in [0.1, 0.15) is 5.69 Å². The Balaban J connectivity index is 1.99. The van der Waals surface area contributed by atoms with Crippen molar-refractivity contribution in [3.05, 3.63) is 63.4 Å². The highest BCUT2D eigenvalue weighted by Crippen LogP contribution is 2.41. The number of ether oxygens (including phenoxy) is 1. The van der Waals surface area contributed by atoms with E-state index in [1.165, 1.54) is 19.2 Å². The van der Waals surface area contributed by atoms with Crippen molar-refractivity contribution in [1.29, 1.82) is 0 Å². The molecule has 1 aromatic carbocycles. The number of aryl methyl sites for hydroxylation is 1. The summed E-state index contributed by atoms with van der Waals surface area (Å²) < 4.78 is 73.0.